The Morgan fingerprint density at radius 2 is 2.06 bits per heavy atom. The van der Waals surface area contributed by atoms with Crippen molar-refractivity contribution in [2.24, 2.45) is 0 Å². The average Bonchev–Trinajstić information content (AvgIpc) is 2.87. The van der Waals surface area contributed by atoms with Gasteiger partial charge in [0.05, 0.1) is 25.7 Å². The number of halogens is 1. The van der Waals surface area contributed by atoms with Crippen LogP contribution in [0.4, 0.5) is 0 Å². The van der Waals surface area contributed by atoms with Crippen LogP contribution in [0, 0.1) is 0 Å². The first-order valence-electron chi connectivity index (χ1n) is 5.49. The predicted octanol–water partition coefficient (Wildman–Crippen LogP) is 2.93. The maximum atomic E-state index is 11.6. The van der Waals surface area contributed by atoms with Crippen molar-refractivity contribution in [1.82, 2.24) is 9.55 Å². The van der Waals surface area contributed by atoms with Gasteiger partial charge in [0, 0.05) is 5.02 Å². The highest BCUT2D eigenvalue weighted by Crippen LogP contribution is 2.21. The fraction of sp³-hybridized carbons (Fsp3) is 0.231. The van der Waals surface area contributed by atoms with E-state index >= 15 is 0 Å². The number of carbonyl (C=O) groups is 1. The lowest BCUT2D eigenvalue weighted by molar-refractivity contribution is 0.0587. The van der Waals surface area contributed by atoms with E-state index in [1.54, 1.807) is 10.9 Å². The van der Waals surface area contributed by atoms with Crippen molar-refractivity contribution in [3.05, 3.63) is 53.1 Å². The molecule has 5 heteroatoms. The summed E-state index contributed by atoms with van der Waals surface area (Å²) in [5.41, 5.74) is 1.47. The largest absolute Gasteiger partial charge is 0.464 e. The fourth-order valence-electron chi connectivity index (χ4n) is 1.78. The number of methoxy groups -OCH3 is 1. The molecule has 0 N–H and O–H groups in total. The van der Waals surface area contributed by atoms with Gasteiger partial charge in [-0.2, -0.15) is 0 Å². The summed E-state index contributed by atoms with van der Waals surface area (Å²) in [6, 6.07) is 7.48. The minimum absolute atomic E-state index is 0.0149. The highest BCUT2D eigenvalue weighted by atomic mass is 35.5. The predicted molar refractivity (Wildman–Crippen MR) is 68.8 cm³/mol. The van der Waals surface area contributed by atoms with Crippen LogP contribution in [0.5, 0.6) is 0 Å². The molecule has 0 aliphatic carbocycles. The lowest BCUT2D eigenvalue weighted by atomic mass is 10.1. The molecular formula is C13H13ClN2O2. The molecule has 1 heterocycles. The third-order valence-corrected chi connectivity index (χ3v) is 3.08. The lowest BCUT2D eigenvalue weighted by Gasteiger charge is -2.16. The van der Waals surface area contributed by atoms with Crippen molar-refractivity contribution in [3.8, 4) is 0 Å². The molecule has 0 spiro atoms. The summed E-state index contributed by atoms with van der Waals surface area (Å²) in [5.74, 6) is -0.395. The van der Waals surface area contributed by atoms with E-state index in [1.807, 2.05) is 31.2 Å². The van der Waals surface area contributed by atoms with E-state index in [1.165, 1.54) is 13.3 Å². The van der Waals surface area contributed by atoms with E-state index in [0.717, 1.165) is 5.56 Å². The molecule has 18 heavy (non-hydrogen) atoms. The van der Waals surface area contributed by atoms with Gasteiger partial charge in [-0.25, -0.2) is 9.78 Å². The van der Waals surface area contributed by atoms with Gasteiger partial charge >= 0.3 is 5.97 Å². The van der Waals surface area contributed by atoms with Crippen molar-refractivity contribution >= 4 is 17.6 Å². The summed E-state index contributed by atoms with van der Waals surface area (Å²) in [6.07, 6.45) is 3.11. The first-order chi connectivity index (χ1) is 8.63. The van der Waals surface area contributed by atoms with Gasteiger partial charge < -0.3 is 9.30 Å². The van der Waals surface area contributed by atoms with Gasteiger partial charge in [0.15, 0.2) is 0 Å². The number of imidazole rings is 1. The summed E-state index contributed by atoms with van der Waals surface area (Å²) in [5, 5.41) is 0.685. The first kappa shape index (κ1) is 12.6. The zero-order valence-corrected chi connectivity index (χ0v) is 10.9. The fourth-order valence-corrected chi connectivity index (χ4v) is 1.90. The maximum Gasteiger partial charge on any atom is 0.356 e. The molecule has 2 rings (SSSR count). The molecule has 0 amide bonds. The molecule has 0 aliphatic heterocycles. The van der Waals surface area contributed by atoms with Gasteiger partial charge in [0.2, 0.25) is 0 Å². The topological polar surface area (TPSA) is 44.1 Å². The van der Waals surface area contributed by atoms with Crippen molar-refractivity contribution in [2.75, 3.05) is 7.11 Å². The number of ether oxygens (including phenoxy) is 1. The Morgan fingerprint density at radius 3 is 2.67 bits per heavy atom. The molecule has 0 unspecified atom stereocenters. The lowest BCUT2D eigenvalue weighted by Crippen LogP contribution is -2.14. The van der Waals surface area contributed by atoms with Gasteiger partial charge in [-0.3, -0.25) is 0 Å². The van der Waals surface area contributed by atoms with Gasteiger partial charge in [0.1, 0.15) is 5.69 Å². The summed E-state index contributed by atoms with van der Waals surface area (Å²) >= 11 is 5.85. The molecule has 1 atom stereocenters. The second-order valence-electron chi connectivity index (χ2n) is 3.91. The smallest absolute Gasteiger partial charge is 0.356 e. The van der Waals surface area contributed by atoms with Crippen molar-refractivity contribution < 1.29 is 9.53 Å². The maximum absolute atomic E-state index is 11.6. The molecular weight excluding hydrogens is 252 g/mol. The molecule has 1 aromatic heterocycles. The number of carbonyl (C=O) groups excluding carboxylic acids is 1. The molecule has 0 radical (unpaired) electrons. The molecule has 0 saturated carbocycles. The molecule has 2 aromatic rings. The van der Waals surface area contributed by atoms with Gasteiger partial charge in [-0.15, -0.1) is 0 Å². The van der Waals surface area contributed by atoms with Crippen molar-refractivity contribution in [2.45, 2.75) is 13.0 Å². The van der Waals surface area contributed by atoms with Crippen LogP contribution in [0.2, 0.25) is 5.02 Å². The molecule has 94 valence electrons. The molecule has 0 bridgehead atoms. The molecule has 0 aliphatic rings. The average molecular weight is 265 g/mol. The molecule has 0 saturated heterocycles. The minimum Gasteiger partial charge on any atom is -0.464 e. The summed E-state index contributed by atoms with van der Waals surface area (Å²) < 4.78 is 6.49. The van der Waals surface area contributed by atoms with Crippen LogP contribution in [0.15, 0.2) is 36.8 Å². The van der Waals surface area contributed by atoms with E-state index in [4.69, 9.17) is 16.3 Å². The Hall–Kier alpha value is -1.81. The SMILES string of the molecule is COC(=O)c1cncn1[C@@H](C)c1ccc(Cl)cc1. The monoisotopic (exact) mass is 264 g/mol. The zero-order chi connectivity index (χ0) is 13.1. The Bertz CT molecular complexity index is 548. The molecule has 0 fully saturated rings. The van der Waals surface area contributed by atoms with Crippen LogP contribution in [0.1, 0.15) is 29.0 Å². The Kier molecular flexibility index (Phi) is 3.67. The Labute approximate surface area is 110 Å². The van der Waals surface area contributed by atoms with Crippen molar-refractivity contribution in [1.29, 1.82) is 0 Å². The second kappa shape index (κ2) is 5.23. The van der Waals surface area contributed by atoms with Gasteiger partial charge in [-0.05, 0) is 24.6 Å². The number of benzene rings is 1. The standard InChI is InChI=1S/C13H13ClN2O2/c1-9(10-3-5-11(14)6-4-10)16-8-15-7-12(16)13(17)18-2/h3-9H,1-2H3/t9-/m0/s1. The Morgan fingerprint density at radius 1 is 1.39 bits per heavy atom. The zero-order valence-electron chi connectivity index (χ0n) is 10.1. The number of esters is 1. The van der Waals surface area contributed by atoms with E-state index in [-0.39, 0.29) is 6.04 Å². The van der Waals surface area contributed by atoms with E-state index in [0.29, 0.717) is 10.7 Å². The third-order valence-electron chi connectivity index (χ3n) is 2.83. The number of aromatic nitrogens is 2. The summed E-state index contributed by atoms with van der Waals surface area (Å²) in [6.45, 7) is 1.98. The highest BCUT2D eigenvalue weighted by molar-refractivity contribution is 6.30. The number of hydrogen-bond acceptors (Lipinski definition) is 3. The van der Waals surface area contributed by atoms with Crippen LogP contribution >= 0.6 is 11.6 Å². The first-order valence-corrected chi connectivity index (χ1v) is 5.87. The van der Waals surface area contributed by atoms with Gasteiger partial charge in [-0.1, -0.05) is 23.7 Å². The molecule has 1 aromatic carbocycles. The Balaban J connectivity index is 2.34. The van der Waals surface area contributed by atoms with Crippen LogP contribution in [0.25, 0.3) is 0 Å². The van der Waals surface area contributed by atoms with Crippen LogP contribution in [-0.4, -0.2) is 22.6 Å². The van der Waals surface area contributed by atoms with Crippen LogP contribution in [0.3, 0.4) is 0 Å². The highest BCUT2D eigenvalue weighted by Gasteiger charge is 2.17. The quantitative estimate of drug-likeness (QED) is 0.801. The second-order valence-corrected chi connectivity index (χ2v) is 4.34. The summed E-state index contributed by atoms with van der Waals surface area (Å²) in [4.78, 5) is 15.6. The number of nitrogens with zero attached hydrogens (tertiary/aromatic N) is 2. The number of rotatable bonds is 3. The van der Waals surface area contributed by atoms with Crippen LogP contribution < -0.4 is 0 Å². The van der Waals surface area contributed by atoms with E-state index in [2.05, 4.69) is 4.98 Å². The van der Waals surface area contributed by atoms with E-state index in [9.17, 15) is 4.79 Å². The number of hydrogen-bond donors (Lipinski definition) is 0. The van der Waals surface area contributed by atoms with Crippen LogP contribution in [-0.2, 0) is 4.74 Å². The normalized spacial score (nSPS) is 12.2. The minimum atomic E-state index is -0.395. The van der Waals surface area contributed by atoms with E-state index < -0.39 is 5.97 Å². The summed E-state index contributed by atoms with van der Waals surface area (Å²) in [7, 11) is 1.35. The molecule has 4 nitrogen and oxygen atoms in total. The van der Waals surface area contributed by atoms with Crippen molar-refractivity contribution in [3.63, 3.8) is 0 Å². The third kappa shape index (κ3) is 2.38. The van der Waals surface area contributed by atoms with Gasteiger partial charge in [0.25, 0.3) is 0 Å².